The minimum atomic E-state index is -3.72. The molecule has 0 aliphatic carbocycles. The molecule has 1 aromatic rings. The zero-order valence-corrected chi connectivity index (χ0v) is 12.3. The Kier molecular flexibility index (Phi) is 6.73. The number of rotatable bonds is 9. The lowest BCUT2D eigenvalue weighted by Crippen LogP contribution is -2.14. The second-order valence-electron chi connectivity index (χ2n) is 4.18. The third-order valence-electron chi connectivity index (χ3n) is 2.57. The molecule has 0 aliphatic rings. The summed E-state index contributed by atoms with van der Waals surface area (Å²) in [5.74, 6) is 0. The molecule has 0 aromatic heterocycles. The van der Waals surface area contributed by atoms with Crippen LogP contribution in [0.1, 0.15) is 6.42 Å². The molecule has 20 heavy (non-hydrogen) atoms. The van der Waals surface area contributed by atoms with E-state index in [1.807, 2.05) is 0 Å². The molecular weight excluding hydrogens is 282 g/mol. The Hall–Kier alpha value is -1.35. The van der Waals surface area contributed by atoms with Crippen LogP contribution in [0, 0.1) is 0 Å². The van der Waals surface area contributed by atoms with Gasteiger partial charge in [-0.3, -0.25) is 0 Å². The van der Waals surface area contributed by atoms with E-state index in [1.54, 1.807) is 7.11 Å². The first-order chi connectivity index (χ1) is 9.45. The van der Waals surface area contributed by atoms with E-state index in [0.29, 0.717) is 37.7 Å². The smallest absolute Gasteiger partial charge is 0.238 e. The molecule has 0 unspecified atom stereocenters. The summed E-state index contributed by atoms with van der Waals surface area (Å²) in [6, 6.07) is 4.32. The van der Waals surface area contributed by atoms with Crippen molar-refractivity contribution < 1.29 is 17.9 Å². The number of anilines is 2. The number of sulfonamides is 1. The lowest BCUT2D eigenvalue weighted by Gasteiger charge is -2.11. The zero-order chi connectivity index (χ0) is 15.0. The van der Waals surface area contributed by atoms with Crippen molar-refractivity contribution in [3.8, 4) is 0 Å². The minimum Gasteiger partial charge on any atom is -0.397 e. The van der Waals surface area contributed by atoms with Crippen LogP contribution in [0.2, 0.25) is 0 Å². The third-order valence-corrected chi connectivity index (χ3v) is 3.48. The Labute approximate surface area is 119 Å². The van der Waals surface area contributed by atoms with Crippen molar-refractivity contribution in [1.82, 2.24) is 0 Å². The fourth-order valence-corrected chi connectivity index (χ4v) is 2.05. The standard InChI is InChI=1S/C12H21N3O4S/c1-18-7-8-19-6-2-5-15-12-9-10(20(14,16)17)3-4-11(12)13/h3-4,9,15H,2,5-8,13H2,1H3,(H2,14,16,17). The van der Waals surface area contributed by atoms with Crippen molar-refractivity contribution in [3.63, 3.8) is 0 Å². The van der Waals surface area contributed by atoms with Crippen molar-refractivity contribution in [2.24, 2.45) is 5.14 Å². The maximum atomic E-state index is 11.3. The van der Waals surface area contributed by atoms with E-state index < -0.39 is 10.0 Å². The number of hydrogen-bond acceptors (Lipinski definition) is 6. The van der Waals surface area contributed by atoms with Gasteiger partial charge < -0.3 is 20.5 Å². The van der Waals surface area contributed by atoms with Crippen molar-refractivity contribution in [1.29, 1.82) is 0 Å². The Bertz CT molecular complexity index is 519. The normalized spacial score (nSPS) is 11.5. The average molecular weight is 303 g/mol. The molecule has 0 heterocycles. The molecule has 0 spiro atoms. The van der Waals surface area contributed by atoms with Crippen LogP contribution in [0.4, 0.5) is 11.4 Å². The van der Waals surface area contributed by atoms with E-state index in [0.717, 1.165) is 6.42 Å². The van der Waals surface area contributed by atoms with Gasteiger partial charge in [-0.05, 0) is 24.6 Å². The Morgan fingerprint density at radius 3 is 2.65 bits per heavy atom. The monoisotopic (exact) mass is 303 g/mol. The summed E-state index contributed by atoms with van der Waals surface area (Å²) in [6.45, 7) is 2.33. The van der Waals surface area contributed by atoms with Crippen LogP contribution in [0.25, 0.3) is 0 Å². The van der Waals surface area contributed by atoms with Gasteiger partial charge in [-0.15, -0.1) is 0 Å². The highest BCUT2D eigenvalue weighted by Gasteiger charge is 2.09. The van der Waals surface area contributed by atoms with Crippen molar-refractivity contribution >= 4 is 21.4 Å². The van der Waals surface area contributed by atoms with Gasteiger partial charge in [0.25, 0.3) is 0 Å². The highest BCUT2D eigenvalue weighted by atomic mass is 32.2. The van der Waals surface area contributed by atoms with Crippen LogP contribution >= 0.6 is 0 Å². The predicted octanol–water partition coefficient (Wildman–Crippen LogP) is 0.381. The largest absolute Gasteiger partial charge is 0.397 e. The number of benzene rings is 1. The molecule has 7 nitrogen and oxygen atoms in total. The van der Waals surface area contributed by atoms with E-state index in [1.165, 1.54) is 18.2 Å². The van der Waals surface area contributed by atoms with Crippen LogP contribution < -0.4 is 16.2 Å². The van der Waals surface area contributed by atoms with Gasteiger partial charge in [-0.25, -0.2) is 13.6 Å². The summed E-state index contributed by atoms with van der Waals surface area (Å²) in [5, 5.41) is 8.13. The fraction of sp³-hybridized carbons (Fsp3) is 0.500. The number of nitrogens with one attached hydrogen (secondary N) is 1. The van der Waals surface area contributed by atoms with Gasteiger partial charge in [0.05, 0.1) is 29.5 Å². The lowest BCUT2D eigenvalue weighted by atomic mass is 10.2. The maximum absolute atomic E-state index is 11.3. The summed E-state index contributed by atoms with van der Waals surface area (Å²) in [4.78, 5) is 0.0329. The second-order valence-corrected chi connectivity index (χ2v) is 5.74. The van der Waals surface area contributed by atoms with Crippen molar-refractivity contribution in [2.45, 2.75) is 11.3 Å². The van der Waals surface area contributed by atoms with E-state index in [9.17, 15) is 8.42 Å². The zero-order valence-electron chi connectivity index (χ0n) is 11.5. The first kappa shape index (κ1) is 16.7. The van der Waals surface area contributed by atoms with Gasteiger partial charge in [0, 0.05) is 20.3 Å². The molecular formula is C12H21N3O4S. The van der Waals surface area contributed by atoms with Crippen LogP contribution in [0.5, 0.6) is 0 Å². The van der Waals surface area contributed by atoms with E-state index >= 15 is 0 Å². The van der Waals surface area contributed by atoms with Crippen molar-refractivity contribution in [2.75, 3.05) is 44.5 Å². The van der Waals surface area contributed by atoms with Crippen LogP contribution in [0.3, 0.4) is 0 Å². The second kappa shape index (κ2) is 8.05. The highest BCUT2D eigenvalue weighted by Crippen LogP contribution is 2.21. The van der Waals surface area contributed by atoms with Gasteiger partial charge in [0.1, 0.15) is 0 Å². The van der Waals surface area contributed by atoms with E-state index in [-0.39, 0.29) is 4.90 Å². The van der Waals surface area contributed by atoms with Gasteiger partial charge in [0.2, 0.25) is 10.0 Å². The highest BCUT2D eigenvalue weighted by molar-refractivity contribution is 7.89. The minimum absolute atomic E-state index is 0.0329. The molecule has 0 aliphatic heterocycles. The topological polar surface area (TPSA) is 117 Å². The third kappa shape index (κ3) is 5.74. The van der Waals surface area contributed by atoms with E-state index in [4.69, 9.17) is 20.3 Å². The molecule has 0 atom stereocenters. The number of nitrogen functional groups attached to an aromatic ring is 1. The molecule has 0 bridgehead atoms. The Morgan fingerprint density at radius 1 is 1.25 bits per heavy atom. The molecule has 0 saturated carbocycles. The molecule has 0 radical (unpaired) electrons. The predicted molar refractivity (Wildman–Crippen MR) is 78.0 cm³/mol. The molecule has 8 heteroatoms. The molecule has 114 valence electrons. The summed E-state index contributed by atoms with van der Waals surface area (Å²) in [6.07, 6.45) is 0.767. The summed E-state index contributed by atoms with van der Waals surface area (Å²) >= 11 is 0. The maximum Gasteiger partial charge on any atom is 0.238 e. The van der Waals surface area contributed by atoms with Gasteiger partial charge in [0.15, 0.2) is 0 Å². The quantitative estimate of drug-likeness (QED) is 0.448. The molecule has 0 saturated heterocycles. The summed E-state index contributed by atoms with van der Waals surface area (Å²) in [5.41, 5.74) is 6.79. The molecule has 1 rings (SSSR count). The van der Waals surface area contributed by atoms with Crippen LogP contribution in [0.15, 0.2) is 23.1 Å². The molecule has 1 aromatic carbocycles. The van der Waals surface area contributed by atoms with Gasteiger partial charge >= 0.3 is 0 Å². The fourth-order valence-electron chi connectivity index (χ4n) is 1.51. The number of nitrogens with two attached hydrogens (primary N) is 2. The van der Waals surface area contributed by atoms with Crippen LogP contribution in [-0.4, -0.2) is 41.9 Å². The Morgan fingerprint density at radius 2 is 2.00 bits per heavy atom. The number of ether oxygens (including phenoxy) is 2. The SMILES string of the molecule is COCCOCCCNc1cc(S(N)(=O)=O)ccc1N. The first-order valence-electron chi connectivity index (χ1n) is 6.18. The molecule has 0 amide bonds. The van der Waals surface area contributed by atoms with Crippen molar-refractivity contribution in [3.05, 3.63) is 18.2 Å². The number of primary sulfonamides is 1. The molecule has 0 fully saturated rings. The Balaban J connectivity index is 2.44. The average Bonchev–Trinajstić information content (AvgIpc) is 2.38. The summed E-state index contributed by atoms with van der Waals surface area (Å²) in [7, 11) is -2.10. The van der Waals surface area contributed by atoms with Gasteiger partial charge in [-0.1, -0.05) is 0 Å². The number of hydrogen-bond donors (Lipinski definition) is 3. The number of methoxy groups -OCH3 is 1. The van der Waals surface area contributed by atoms with E-state index in [2.05, 4.69) is 5.32 Å². The molecule has 5 N–H and O–H groups in total. The van der Waals surface area contributed by atoms with Crippen LogP contribution in [-0.2, 0) is 19.5 Å². The van der Waals surface area contributed by atoms with Gasteiger partial charge in [-0.2, -0.15) is 0 Å². The lowest BCUT2D eigenvalue weighted by molar-refractivity contribution is 0.0705. The first-order valence-corrected chi connectivity index (χ1v) is 7.72. The summed E-state index contributed by atoms with van der Waals surface area (Å²) < 4.78 is 32.7.